The van der Waals surface area contributed by atoms with Crippen LogP contribution >= 0.6 is 0 Å². The van der Waals surface area contributed by atoms with Crippen molar-refractivity contribution in [3.05, 3.63) is 36.4 Å². The zero-order chi connectivity index (χ0) is 19.4. The molecule has 0 unspecified atom stereocenters. The van der Waals surface area contributed by atoms with Gasteiger partial charge in [0, 0.05) is 12.2 Å². The van der Waals surface area contributed by atoms with Gasteiger partial charge in [-0.2, -0.15) is 0 Å². The first-order valence-electron chi connectivity index (χ1n) is 9.41. The molecular weight excluding hydrogens is 330 g/mol. The number of esters is 2. The minimum absolute atomic E-state index is 0.279. The zero-order valence-electron chi connectivity index (χ0n) is 16.2. The predicted molar refractivity (Wildman–Crippen MR) is 105 cm³/mol. The molecule has 1 rings (SSSR count). The summed E-state index contributed by atoms with van der Waals surface area (Å²) in [6.45, 7) is 10.9. The first-order chi connectivity index (χ1) is 12.6. The molecule has 0 aliphatic rings. The second-order valence-corrected chi connectivity index (χ2v) is 6.05. The van der Waals surface area contributed by atoms with Gasteiger partial charge in [0.15, 0.2) is 0 Å². The molecule has 0 fully saturated rings. The van der Waals surface area contributed by atoms with E-state index in [4.69, 9.17) is 9.47 Å². The van der Waals surface area contributed by atoms with Gasteiger partial charge in [0.05, 0.1) is 13.2 Å². The minimum atomic E-state index is -1.11. The van der Waals surface area contributed by atoms with Crippen LogP contribution in [0.3, 0.4) is 0 Å². The number of rotatable bonds is 12. The Bertz CT molecular complexity index is 565. The lowest BCUT2D eigenvalue weighted by Crippen LogP contribution is -2.49. The summed E-state index contributed by atoms with van der Waals surface area (Å²) >= 11 is 0. The number of ether oxygens (including phenoxy) is 2. The number of anilines is 1. The number of para-hydroxylation sites is 1. The molecule has 1 aromatic rings. The average Bonchev–Trinajstić information content (AvgIpc) is 2.67. The molecule has 144 valence electrons. The molecule has 0 atom stereocenters. The van der Waals surface area contributed by atoms with E-state index in [1.807, 2.05) is 38.1 Å². The molecule has 0 aliphatic carbocycles. The van der Waals surface area contributed by atoms with Gasteiger partial charge in [0.1, 0.15) is 0 Å². The van der Waals surface area contributed by atoms with Crippen LogP contribution in [-0.4, -0.2) is 37.7 Å². The molecule has 0 spiro atoms. The van der Waals surface area contributed by atoms with Crippen molar-refractivity contribution < 1.29 is 19.1 Å². The molecule has 5 heteroatoms. The van der Waals surface area contributed by atoms with Gasteiger partial charge < -0.3 is 14.4 Å². The topological polar surface area (TPSA) is 55.8 Å². The van der Waals surface area contributed by atoms with Gasteiger partial charge in [-0.3, -0.25) is 0 Å². The van der Waals surface area contributed by atoms with Crippen molar-refractivity contribution in [2.45, 2.75) is 52.5 Å². The Labute approximate surface area is 157 Å². The maximum absolute atomic E-state index is 12.7. The first kappa shape index (κ1) is 21.7. The van der Waals surface area contributed by atoms with Gasteiger partial charge in [-0.05, 0) is 30.9 Å². The van der Waals surface area contributed by atoms with Gasteiger partial charge in [-0.15, -0.1) is 0 Å². The number of carbonyl (C=O) groups excluding carboxylic acids is 2. The van der Waals surface area contributed by atoms with E-state index in [9.17, 15) is 9.59 Å². The van der Waals surface area contributed by atoms with Crippen molar-refractivity contribution in [1.29, 1.82) is 0 Å². The highest BCUT2D eigenvalue weighted by atomic mass is 16.6. The second-order valence-electron chi connectivity index (χ2n) is 6.05. The Morgan fingerprint density at radius 3 is 2.12 bits per heavy atom. The number of nitrogens with zero attached hydrogens (tertiary/aromatic N) is 1. The summed E-state index contributed by atoms with van der Waals surface area (Å²) < 4.78 is 10.6. The Hall–Kier alpha value is -2.30. The lowest BCUT2D eigenvalue weighted by atomic mass is 10.1. The average molecular weight is 361 g/mol. The molecule has 0 saturated carbocycles. The van der Waals surface area contributed by atoms with E-state index in [1.54, 1.807) is 11.0 Å². The quantitative estimate of drug-likeness (QED) is 0.412. The summed E-state index contributed by atoms with van der Waals surface area (Å²) in [6.07, 6.45) is 4.89. The molecule has 0 aromatic heterocycles. The second kappa shape index (κ2) is 12.1. The fraction of sp³-hybridized carbons (Fsp3) is 0.524. The van der Waals surface area contributed by atoms with Crippen LogP contribution in [0.1, 0.15) is 52.0 Å². The zero-order valence-corrected chi connectivity index (χ0v) is 16.2. The van der Waals surface area contributed by atoms with Crippen molar-refractivity contribution >= 4 is 23.7 Å². The lowest BCUT2D eigenvalue weighted by Gasteiger charge is -2.32. The van der Waals surface area contributed by atoms with Crippen LogP contribution in [0.25, 0.3) is 6.08 Å². The van der Waals surface area contributed by atoms with Gasteiger partial charge in [-0.1, -0.05) is 58.0 Å². The van der Waals surface area contributed by atoms with Crippen LogP contribution in [0.2, 0.25) is 0 Å². The highest BCUT2D eigenvalue weighted by Gasteiger charge is 2.36. The third-order valence-electron chi connectivity index (χ3n) is 3.87. The van der Waals surface area contributed by atoms with Gasteiger partial charge >= 0.3 is 11.9 Å². The Balaban J connectivity index is 3.27. The number of unbranched alkanes of at least 4 members (excludes halogenated alkanes) is 1. The molecular formula is C21H31NO4. The van der Waals surface area contributed by atoms with Crippen LogP contribution in [0.4, 0.5) is 5.69 Å². The van der Waals surface area contributed by atoms with Crippen LogP contribution in [0.5, 0.6) is 0 Å². The van der Waals surface area contributed by atoms with E-state index in [0.29, 0.717) is 19.4 Å². The van der Waals surface area contributed by atoms with E-state index >= 15 is 0 Å². The Morgan fingerprint density at radius 1 is 1.04 bits per heavy atom. The van der Waals surface area contributed by atoms with Crippen LogP contribution in [-0.2, 0) is 19.1 Å². The fourth-order valence-corrected chi connectivity index (χ4v) is 2.55. The predicted octanol–water partition coefficient (Wildman–Crippen LogP) is 4.21. The molecule has 0 radical (unpaired) electrons. The van der Waals surface area contributed by atoms with Crippen molar-refractivity contribution in [3.8, 4) is 0 Å². The lowest BCUT2D eigenvalue weighted by molar-refractivity contribution is -0.157. The molecule has 1 aromatic carbocycles. The van der Waals surface area contributed by atoms with Crippen molar-refractivity contribution in [3.63, 3.8) is 0 Å². The monoisotopic (exact) mass is 361 g/mol. The van der Waals surface area contributed by atoms with E-state index in [-0.39, 0.29) is 13.2 Å². The highest BCUT2D eigenvalue weighted by molar-refractivity contribution is 6.03. The summed E-state index contributed by atoms with van der Waals surface area (Å²) in [5.41, 5.74) is 1.64. The van der Waals surface area contributed by atoms with Crippen molar-refractivity contribution in [2.24, 2.45) is 0 Å². The van der Waals surface area contributed by atoms with Crippen LogP contribution in [0.15, 0.2) is 30.8 Å². The summed E-state index contributed by atoms with van der Waals surface area (Å²) in [4.78, 5) is 27.2. The Kier molecular flexibility index (Phi) is 10.1. The maximum atomic E-state index is 12.7. The highest BCUT2D eigenvalue weighted by Crippen LogP contribution is 2.25. The fourth-order valence-electron chi connectivity index (χ4n) is 2.55. The number of benzene rings is 1. The smallest absolute Gasteiger partial charge is 0.340 e. The standard InChI is InChI=1S/C21H31NO4/c1-5-9-14-22(18-13-11-10-12-17(18)8-4)19(20(23)25-15-6-2)21(24)26-16-7-3/h8,10-13,19H,4-7,9,14-16H2,1-3H3. The first-order valence-corrected chi connectivity index (χ1v) is 9.41. The number of hydrogen-bond acceptors (Lipinski definition) is 5. The van der Waals surface area contributed by atoms with E-state index < -0.39 is 18.0 Å². The molecule has 0 amide bonds. The van der Waals surface area contributed by atoms with E-state index in [2.05, 4.69) is 13.5 Å². The molecule has 0 heterocycles. The molecule has 26 heavy (non-hydrogen) atoms. The van der Waals surface area contributed by atoms with Crippen molar-refractivity contribution in [2.75, 3.05) is 24.7 Å². The summed E-state index contributed by atoms with van der Waals surface area (Å²) in [5.74, 6) is -1.13. The van der Waals surface area contributed by atoms with E-state index in [0.717, 1.165) is 24.1 Å². The van der Waals surface area contributed by atoms with Crippen molar-refractivity contribution in [1.82, 2.24) is 0 Å². The molecule has 0 aliphatic heterocycles. The minimum Gasteiger partial charge on any atom is -0.464 e. The normalized spacial score (nSPS) is 10.5. The largest absolute Gasteiger partial charge is 0.464 e. The van der Waals surface area contributed by atoms with Crippen LogP contribution in [0, 0.1) is 0 Å². The third-order valence-corrected chi connectivity index (χ3v) is 3.87. The van der Waals surface area contributed by atoms with E-state index in [1.165, 1.54) is 0 Å². The number of carbonyl (C=O) groups is 2. The van der Waals surface area contributed by atoms with Gasteiger partial charge in [0.2, 0.25) is 6.04 Å². The van der Waals surface area contributed by atoms with Gasteiger partial charge in [-0.25, -0.2) is 9.59 Å². The number of hydrogen-bond donors (Lipinski definition) is 0. The Morgan fingerprint density at radius 2 is 1.62 bits per heavy atom. The van der Waals surface area contributed by atoms with Gasteiger partial charge in [0.25, 0.3) is 0 Å². The SMILES string of the molecule is C=Cc1ccccc1N(CCCC)C(C(=O)OCCC)C(=O)OCCC. The summed E-state index contributed by atoms with van der Waals surface area (Å²) in [5, 5.41) is 0. The summed E-state index contributed by atoms with van der Waals surface area (Å²) in [6, 6.07) is 6.47. The third kappa shape index (κ3) is 6.21. The molecule has 0 bridgehead atoms. The van der Waals surface area contributed by atoms with Crippen LogP contribution < -0.4 is 4.90 Å². The maximum Gasteiger partial charge on any atom is 0.340 e. The molecule has 5 nitrogen and oxygen atoms in total. The summed E-state index contributed by atoms with van der Waals surface area (Å²) in [7, 11) is 0. The molecule has 0 saturated heterocycles. The molecule has 0 N–H and O–H groups in total.